The minimum absolute atomic E-state index is 0.677. The van der Waals surface area contributed by atoms with Crippen LogP contribution in [0.25, 0.3) is 10.9 Å². The number of fused-ring (bicyclic) bond motifs is 1. The molecule has 0 atom stereocenters. The molecule has 2 aromatic carbocycles. The van der Waals surface area contributed by atoms with E-state index in [1.165, 1.54) is 11.3 Å². The number of aryl methyl sites for hydroxylation is 1. The van der Waals surface area contributed by atoms with E-state index in [0.717, 1.165) is 62.2 Å². The van der Waals surface area contributed by atoms with Gasteiger partial charge in [0, 0.05) is 55.0 Å². The quantitative estimate of drug-likeness (QED) is 0.632. The highest BCUT2D eigenvalue weighted by Gasteiger charge is 2.17. The van der Waals surface area contributed by atoms with Gasteiger partial charge in [0.05, 0.1) is 18.4 Å². The summed E-state index contributed by atoms with van der Waals surface area (Å²) < 4.78 is 5.35. The van der Waals surface area contributed by atoms with Crippen LogP contribution in [0.3, 0.4) is 0 Å². The number of hydrogen-bond donors (Lipinski definition) is 2. The van der Waals surface area contributed by atoms with Crippen LogP contribution in [0.5, 0.6) is 5.75 Å². The van der Waals surface area contributed by atoms with E-state index in [0.29, 0.717) is 11.3 Å². The smallest absolute Gasteiger partial charge is 0.143 e. The minimum Gasteiger partial charge on any atom is -0.495 e. The van der Waals surface area contributed by atoms with Gasteiger partial charge in [0.2, 0.25) is 0 Å². The lowest BCUT2D eigenvalue weighted by Gasteiger charge is -2.36. The Labute approximate surface area is 171 Å². The van der Waals surface area contributed by atoms with Gasteiger partial charge < -0.3 is 20.4 Å². The van der Waals surface area contributed by atoms with Crippen molar-refractivity contribution < 1.29 is 4.74 Å². The van der Waals surface area contributed by atoms with Crippen LogP contribution in [-0.4, -0.2) is 49.7 Å². The topological polar surface area (TPSA) is 81.3 Å². The molecular formula is C23H27N5O. The predicted molar refractivity (Wildman–Crippen MR) is 117 cm³/mol. The Morgan fingerprint density at radius 2 is 1.97 bits per heavy atom. The molecule has 0 saturated carbocycles. The lowest BCUT2D eigenvalue weighted by atomic mass is 10.1. The molecule has 0 bridgehead atoms. The van der Waals surface area contributed by atoms with E-state index < -0.39 is 0 Å². The number of rotatable bonds is 6. The van der Waals surface area contributed by atoms with Crippen LogP contribution in [-0.2, 0) is 6.42 Å². The summed E-state index contributed by atoms with van der Waals surface area (Å²) in [7, 11) is 1.66. The number of benzene rings is 2. The number of hydrogen-bond acceptors (Lipinski definition) is 5. The average Bonchev–Trinajstić information content (AvgIpc) is 3.17. The Bertz CT molecular complexity index is 1030. The van der Waals surface area contributed by atoms with Gasteiger partial charge in [0.25, 0.3) is 0 Å². The molecule has 3 N–H and O–H groups in total. The van der Waals surface area contributed by atoms with Crippen LogP contribution in [0.15, 0.2) is 42.6 Å². The second-order valence-electron chi connectivity index (χ2n) is 7.55. The Kier molecular flexibility index (Phi) is 5.59. The zero-order valence-electron chi connectivity index (χ0n) is 16.8. The number of nitrogens with two attached hydrogens (primary N) is 1. The van der Waals surface area contributed by atoms with Gasteiger partial charge in [-0.2, -0.15) is 5.26 Å². The number of nitriles is 1. The lowest BCUT2D eigenvalue weighted by Crippen LogP contribution is -2.46. The van der Waals surface area contributed by atoms with Gasteiger partial charge in [-0.25, -0.2) is 0 Å². The van der Waals surface area contributed by atoms with Gasteiger partial charge in [-0.3, -0.25) is 4.90 Å². The number of nitrogens with zero attached hydrogens (tertiary/aromatic N) is 3. The number of nitrogens with one attached hydrogen (secondary N) is 1. The first-order valence-corrected chi connectivity index (χ1v) is 10.1. The van der Waals surface area contributed by atoms with Crippen LogP contribution in [0.2, 0.25) is 0 Å². The molecule has 2 heterocycles. The molecule has 29 heavy (non-hydrogen) atoms. The van der Waals surface area contributed by atoms with E-state index in [1.807, 2.05) is 12.1 Å². The summed E-state index contributed by atoms with van der Waals surface area (Å²) in [6.07, 6.45) is 3.96. The molecule has 0 radical (unpaired) electrons. The van der Waals surface area contributed by atoms with E-state index in [-0.39, 0.29) is 0 Å². The highest BCUT2D eigenvalue weighted by molar-refractivity contribution is 5.86. The number of ether oxygens (including phenoxy) is 1. The van der Waals surface area contributed by atoms with Gasteiger partial charge >= 0.3 is 0 Å². The Morgan fingerprint density at radius 1 is 1.14 bits per heavy atom. The molecule has 1 saturated heterocycles. The first-order chi connectivity index (χ1) is 14.2. The van der Waals surface area contributed by atoms with Crippen molar-refractivity contribution in [1.82, 2.24) is 9.88 Å². The molecule has 6 heteroatoms. The number of methoxy groups -OCH3 is 1. The minimum atomic E-state index is 0.677. The number of nitrogen functional groups attached to an aromatic ring is 1. The van der Waals surface area contributed by atoms with Crippen molar-refractivity contribution >= 4 is 22.3 Å². The van der Waals surface area contributed by atoms with Crippen molar-refractivity contribution in [2.75, 3.05) is 50.5 Å². The molecule has 3 aromatic rings. The summed E-state index contributed by atoms with van der Waals surface area (Å²) in [5.74, 6) is 0.742. The number of anilines is 2. The Morgan fingerprint density at radius 3 is 2.72 bits per heavy atom. The van der Waals surface area contributed by atoms with E-state index in [2.05, 4.69) is 45.1 Å². The molecule has 4 rings (SSSR count). The summed E-state index contributed by atoms with van der Waals surface area (Å²) in [4.78, 5) is 8.12. The Balaban J connectivity index is 1.27. The monoisotopic (exact) mass is 389 g/mol. The van der Waals surface area contributed by atoms with E-state index in [9.17, 15) is 0 Å². The molecule has 0 aliphatic carbocycles. The Hall–Kier alpha value is -3.17. The molecule has 0 spiro atoms. The van der Waals surface area contributed by atoms with Crippen LogP contribution < -0.4 is 15.4 Å². The SMILES string of the molecule is COc1cc(N2CCN(CCCc3ccc4c(C#N)c[nH]c4c3)CC2)ccc1N. The summed E-state index contributed by atoms with van der Waals surface area (Å²) in [5.41, 5.74) is 10.9. The molecule has 1 aliphatic heterocycles. The van der Waals surface area contributed by atoms with Crippen molar-refractivity contribution in [2.24, 2.45) is 0 Å². The second-order valence-corrected chi connectivity index (χ2v) is 7.55. The molecule has 1 aromatic heterocycles. The van der Waals surface area contributed by atoms with E-state index in [1.54, 1.807) is 13.3 Å². The molecule has 0 unspecified atom stereocenters. The molecule has 150 valence electrons. The molecule has 0 amide bonds. The van der Waals surface area contributed by atoms with Crippen LogP contribution >= 0.6 is 0 Å². The van der Waals surface area contributed by atoms with E-state index in [4.69, 9.17) is 15.7 Å². The maximum Gasteiger partial charge on any atom is 0.143 e. The highest BCUT2D eigenvalue weighted by atomic mass is 16.5. The second kappa shape index (κ2) is 8.46. The fourth-order valence-electron chi connectivity index (χ4n) is 4.05. The number of piperazine rings is 1. The van der Waals surface area contributed by atoms with Crippen LogP contribution in [0.1, 0.15) is 17.5 Å². The maximum atomic E-state index is 9.12. The van der Waals surface area contributed by atoms with Gasteiger partial charge in [0.15, 0.2) is 0 Å². The molecule has 6 nitrogen and oxygen atoms in total. The lowest BCUT2D eigenvalue weighted by molar-refractivity contribution is 0.255. The number of aromatic amines is 1. The van der Waals surface area contributed by atoms with Crippen molar-refractivity contribution in [3.8, 4) is 11.8 Å². The highest BCUT2D eigenvalue weighted by Crippen LogP contribution is 2.28. The zero-order valence-corrected chi connectivity index (χ0v) is 16.8. The normalized spacial score (nSPS) is 14.8. The molecule has 1 aliphatic rings. The molecule has 1 fully saturated rings. The summed E-state index contributed by atoms with van der Waals surface area (Å²) in [5, 5.41) is 10.1. The maximum absolute atomic E-state index is 9.12. The van der Waals surface area contributed by atoms with Gasteiger partial charge in [-0.15, -0.1) is 0 Å². The largest absolute Gasteiger partial charge is 0.495 e. The summed E-state index contributed by atoms with van der Waals surface area (Å²) >= 11 is 0. The summed E-state index contributed by atoms with van der Waals surface area (Å²) in [6.45, 7) is 5.25. The van der Waals surface area contributed by atoms with Gasteiger partial charge in [-0.1, -0.05) is 12.1 Å². The zero-order chi connectivity index (χ0) is 20.2. The summed E-state index contributed by atoms with van der Waals surface area (Å²) in [6, 6.07) is 14.6. The third-order valence-corrected chi connectivity index (χ3v) is 5.76. The molecular weight excluding hydrogens is 362 g/mol. The van der Waals surface area contributed by atoms with E-state index >= 15 is 0 Å². The third-order valence-electron chi connectivity index (χ3n) is 5.76. The fraction of sp³-hybridized carbons (Fsp3) is 0.348. The average molecular weight is 390 g/mol. The van der Waals surface area contributed by atoms with Gasteiger partial charge in [-0.05, 0) is 43.1 Å². The first-order valence-electron chi connectivity index (χ1n) is 10.1. The first kappa shape index (κ1) is 19.2. The van der Waals surface area contributed by atoms with Crippen molar-refractivity contribution in [3.63, 3.8) is 0 Å². The third kappa shape index (κ3) is 4.15. The van der Waals surface area contributed by atoms with Crippen LogP contribution in [0, 0.1) is 11.3 Å². The number of aromatic nitrogens is 1. The van der Waals surface area contributed by atoms with Crippen LogP contribution in [0.4, 0.5) is 11.4 Å². The van der Waals surface area contributed by atoms with Crippen molar-refractivity contribution in [3.05, 3.63) is 53.7 Å². The standard InChI is InChI=1S/C23H27N5O/c1-29-23-14-19(5-7-21(23)25)28-11-9-27(10-12-28)8-2-3-17-4-6-20-18(15-24)16-26-22(20)13-17/h4-7,13-14,16,26H,2-3,8-12,25H2,1H3. The predicted octanol–water partition coefficient (Wildman–Crippen LogP) is 3.39. The van der Waals surface area contributed by atoms with Crippen molar-refractivity contribution in [2.45, 2.75) is 12.8 Å². The fourth-order valence-corrected chi connectivity index (χ4v) is 4.05. The van der Waals surface area contributed by atoms with Crippen molar-refractivity contribution in [1.29, 1.82) is 5.26 Å². The van der Waals surface area contributed by atoms with Gasteiger partial charge in [0.1, 0.15) is 11.8 Å². The number of H-pyrrole nitrogens is 1.